The molecule has 0 aliphatic heterocycles. The fourth-order valence-electron chi connectivity index (χ4n) is 1.74. The van der Waals surface area contributed by atoms with E-state index in [0.717, 1.165) is 12.1 Å². The molecule has 0 spiro atoms. The number of benzene rings is 1. The molecule has 3 N–H and O–H groups in total. The first-order chi connectivity index (χ1) is 11.3. The molecule has 0 saturated heterocycles. The van der Waals surface area contributed by atoms with Crippen LogP contribution in [0.15, 0.2) is 35.4 Å². The maximum atomic E-state index is 12.6. The molecule has 0 radical (unpaired) electrons. The third-order valence-electron chi connectivity index (χ3n) is 2.77. The van der Waals surface area contributed by atoms with Gasteiger partial charge in [-0.3, -0.25) is 5.32 Å². The Morgan fingerprint density at radius 1 is 1.33 bits per heavy atom. The Hall–Kier alpha value is -2.49. The molecule has 2 rings (SSSR count). The number of aromatic nitrogens is 2. The van der Waals surface area contributed by atoms with Crippen LogP contribution in [0.4, 0.5) is 29.6 Å². The molecule has 1 aromatic heterocycles. The van der Waals surface area contributed by atoms with Crippen LogP contribution in [0.2, 0.25) is 0 Å². The Kier molecular flexibility index (Phi) is 5.50. The van der Waals surface area contributed by atoms with Crippen LogP contribution in [-0.4, -0.2) is 22.3 Å². The smallest absolute Gasteiger partial charge is 0.416 e. The number of hydrogen-bond acceptors (Lipinski definition) is 6. The van der Waals surface area contributed by atoms with Crippen molar-refractivity contribution < 1.29 is 22.7 Å². The summed E-state index contributed by atoms with van der Waals surface area (Å²) in [5, 5.41) is 2.84. The minimum atomic E-state index is -4.49. The van der Waals surface area contributed by atoms with Gasteiger partial charge in [0.15, 0.2) is 0 Å². The van der Waals surface area contributed by atoms with Gasteiger partial charge in [-0.25, -0.2) is 14.8 Å². The Morgan fingerprint density at radius 2 is 2.08 bits per heavy atom. The minimum absolute atomic E-state index is 0.0261. The number of nitrogens with two attached hydrogens (primary N) is 1. The molecule has 0 unspecified atom stereocenters. The zero-order chi connectivity index (χ0) is 17.7. The number of thioether (sulfide) groups is 1. The van der Waals surface area contributed by atoms with Gasteiger partial charge in [-0.05, 0) is 30.5 Å². The molecule has 10 heteroatoms. The van der Waals surface area contributed by atoms with E-state index in [1.165, 1.54) is 23.9 Å². The number of amides is 1. The number of nitrogens with one attached hydrogen (secondary N) is 1. The third kappa shape index (κ3) is 5.01. The lowest BCUT2D eigenvalue weighted by atomic mass is 10.2. The van der Waals surface area contributed by atoms with Crippen LogP contribution in [0, 0.1) is 0 Å². The van der Waals surface area contributed by atoms with E-state index < -0.39 is 17.8 Å². The normalized spacial score (nSPS) is 11.2. The number of anilines is 2. The fourth-order valence-corrected chi connectivity index (χ4v) is 2.18. The predicted octanol–water partition coefficient (Wildman–Crippen LogP) is 3.55. The molecular weight excluding hydrogens is 345 g/mol. The number of alkyl halides is 3. The average Bonchev–Trinajstić information content (AvgIpc) is 2.52. The van der Waals surface area contributed by atoms with Crippen molar-refractivity contribution in [3.8, 4) is 0 Å². The first-order valence-electron chi connectivity index (χ1n) is 6.56. The molecule has 0 aliphatic rings. The molecular formula is C14H13F3N4O2S. The van der Waals surface area contributed by atoms with Gasteiger partial charge >= 0.3 is 12.3 Å². The fraction of sp³-hybridized carbons (Fsp3) is 0.214. The van der Waals surface area contributed by atoms with Crippen molar-refractivity contribution in [2.75, 3.05) is 17.3 Å². The van der Waals surface area contributed by atoms with E-state index in [0.29, 0.717) is 10.7 Å². The molecule has 0 saturated carbocycles. The Morgan fingerprint density at radius 3 is 2.75 bits per heavy atom. The standard InChI is InChI=1S/C14H13F3N4O2S/c1-24-11-6-10(19-12(18)21-11)7-23-13(22)20-9-4-2-3-8(5-9)14(15,16)17/h2-6H,7H2,1H3,(H,20,22)(H2,18,19,21). The van der Waals surface area contributed by atoms with E-state index in [4.69, 9.17) is 10.5 Å². The van der Waals surface area contributed by atoms with Gasteiger partial charge in [0.05, 0.1) is 11.3 Å². The number of rotatable bonds is 4. The molecule has 0 bridgehead atoms. The summed E-state index contributed by atoms with van der Waals surface area (Å²) in [6, 6.07) is 5.83. The summed E-state index contributed by atoms with van der Waals surface area (Å²) in [6.45, 7) is -0.189. The molecule has 1 amide bonds. The molecule has 1 heterocycles. The van der Waals surface area contributed by atoms with Gasteiger partial charge in [0, 0.05) is 5.69 Å². The Balaban J connectivity index is 1.98. The van der Waals surface area contributed by atoms with Crippen LogP contribution < -0.4 is 11.1 Å². The zero-order valence-corrected chi connectivity index (χ0v) is 13.2. The largest absolute Gasteiger partial charge is 0.443 e. The van der Waals surface area contributed by atoms with Crippen LogP contribution in [0.1, 0.15) is 11.3 Å². The second kappa shape index (κ2) is 7.39. The summed E-state index contributed by atoms with van der Waals surface area (Å²) in [4.78, 5) is 19.5. The van der Waals surface area contributed by atoms with E-state index in [-0.39, 0.29) is 18.2 Å². The van der Waals surface area contributed by atoms with Crippen molar-refractivity contribution in [2.24, 2.45) is 0 Å². The van der Waals surface area contributed by atoms with Gasteiger partial charge in [0.2, 0.25) is 5.95 Å². The number of nitrogens with zero attached hydrogens (tertiary/aromatic N) is 2. The zero-order valence-electron chi connectivity index (χ0n) is 12.4. The van der Waals surface area contributed by atoms with Gasteiger partial charge in [0.1, 0.15) is 11.6 Å². The Bertz CT molecular complexity index is 740. The van der Waals surface area contributed by atoms with E-state index in [1.54, 1.807) is 12.3 Å². The van der Waals surface area contributed by atoms with Crippen LogP contribution in [0.25, 0.3) is 0 Å². The van der Waals surface area contributed by atoms with Crippen molar-refractivity contribution in [1.29, 1.82) is 0 Å². The lowest BCUT2D eigenvalue weighted by Gasteiger charge is -2.10. The lowest BCUT2D eigenvalue weighted by molar-refractivity contribution is -0.137. The molecule has 128 valence electrons. The van der Waals surface area contributed by atoms with Crippen molar-refractivity contribution >= 4 is 29.5 Å². The van der Waals surface area contributed by atoms with Crippen LogP contribution in [-0.2, 0) is 17.5 Å². The molecule has 6 nitrogen and oxygen atoms in total. The maximum absolute atomic E-state index is 12.6. The number of ether oxygens (including phenoxy) is 1. The maximum Gasteiger partial charge on any atom is 0.416 e. The minimum Gasteiger partial charge on any atom is -0.443 e. The number of nitrogen functional groups attached to an aromatic ring is 1. The summed E-state index contributed by atoms with van der Waals surface area (Å²) in [5.41, 5.74) is 5.01. The van der Waals surface area contributed by atoms with E-state index in [9.17, 15) is 18.0 Å². The summed E-state index contributed by atoms with van der Waals surface area (Å²) in [5.74, 6) is 0.0405. The van der Waals surface area contributed by atoms with Gasteiger partial charge in [-0.2, -0.15) is 13.2 Å². The average molecular weight is 358 g/mol. The van der Waals surface area contributed by atoms with Crippen LogP contribution in [0.3, 0.4) is 0 Å². The summed E-state index contributed by atoms with van der Waals surface area (Å²) in [7, 11) is 0. The van der Waals surface area contributed by atoms with Gasteiger partial charge in [0.25, 0.3) is 0 Å². The quantitative estimate of drug-likeness (QED) is 0.642. The highest BCUT2D eigenvalue weighted by Crippen LogP contribution is 2.30. The second-order valence-electron chi connectivity index (χ2n) is 4.54. The molecule has 0 atom stereocenters. The van der Waals surface area contributed by atoms with E-state index in [1.807, 2.05) is 0 Å². The van der Waals surface area contributed by atoms with Crippen molar-refractivity contribution in [2.45, 2.75) is 17.8 Å². The predicted molar refractivity (Wildman–Crippen MR) is 83.5 cm³/mol. The molecule has 0 aliphatic carbocycles. The second-order valence-corrected chi connectivity index (χ2v) is 5.37. The molecule has 24 heavy (non-hydrogen) atoms. The summed E-state index contributed by atoms with van der Waals surface area (Å²) in [6.07, 6.45) is -3.60. The SMILES string of the molecule is CSc1cc(COC(=O)Nc2cccc(C(F)(F)F)c2)nc(N)n1. The number of hydrogen-bond donors (Lipinski definition) is 2. The number of halogens is 3. The molecule has 1 aromatic carbocycles. The molecule has 0 fully saturated rings. The van der Waals surface area contributed by atoms with Crippen molar-refractivity contribution in [3.05, 3.63) is 41.6 Å². The third-order valence-corrected chi connectivity index (χ3v) is 3.40. The highest BCUT2D eigenvalue weighted by atomic mass is 32.2. The van der Waals surface area contributed by atoms with Gasteiger partial charge in [-0.15, -0.1) is 11.8 Å². The highest BCUT2D eigenvalue weighted by molar-refractivity contribution is 7.98. The van der Waals surface area contributed by atoms with Crippen LogP contribution in [0.5, 0.6) is 0 Å². The summed E-state index contributed by atoms with van der Waals surface area (Å²) < 4.78 is 42.8. The highest BCUT2D eigenvalue weighted by Gasteiger charge is 2.30. The monoisotopic (exact) mass is 358 g/mol. The molecule has 2 aromatic rings. The first kappa shape index (κ1) is 17.9. The lowest BCUT2D eigenvalue weighted by Crippen LogP contribution is -2.15. The van der Waals surface area contributed by atoms with Crippen LogP contribution >= 0.6 is 11.8 Å². The van der Waals surface area contributed by atoms with E-state index >= 15 is 0 Å². The number of carbonyl (C=O) groups is 1. The van der Waals surface area contributed by atoms with E-state index in [2.05, 4.69) is 15.3 Å². The number of carbonyl (C=O) groups excluding carboxylic acids is 1. The summed E-state index contributed by atoms with van der Waals surface area (Å²) >= 11 is 1.34. The van der Waals surface area contributed by atoms with Crippen molar-refractivity contribution in [1.82, 2.24) is 9.97 Å². The van der Waals surface area contributed by atoms with Crippen molar-refractivity contribution in [3.63, 3.8) is 0 Å². The van der Waals surface area contributed by atoms with Gasteiger partial charge < -0.3 is 10.5 Å². The Labute approximate surface area is 139 Å². The van der Waals surface area contributed by atoms with Gasteiger partial charge in [-0.1, -0.05) is 6.07 Å². The first-order valence-corrected chi connectivity index (χ1v) is 7.79. The topological polar surface area (TPSA) is 90.1 Å².